The van der Waals surface area contributed by atoms with Crippen molar-refractivity contribution < 1.29 is 0 Å². The summed E-state index contributed by atoms with van der Waals surface area (Å²) in [6.07, 6.45) is 6.93. The number of nitrogens with two attached hydrogens (primary N) is 2. The molecule has 2 atom stereocenters. The molecule has 0 spiro atoms. The first-order valence-corrected chi connectivity index (χ1v) is 5.52. The van der Waals surface area contributed by atoms with Crippen LogP contribution in [-0.4, -0.2) is 36.1 Å². The molecule has 13 heavy (non-hydrogen) atoms. The second kappa shape index (κ2) is 3.95. The molecule has 0 radical (unpaired) electrons. The molecule has 0 aromatic rings. The van der Waals surface area contributed by atoms with Gasteiger partial charge < -0.3 is 11.5 Å². The quantitative estimate of drug-likeness (QED) is 0.614. The lowest BCUT2D eigenvalue weighted by Crippen LogP contribution is -2.39. The topological polar surface area (TPSA) is 55.3 Å². The van der Waals surface area contributed by atoms with Crippen LogP contribution in [0.3, 0.4) is 0 Å². The van der Waals surface area contributed by atoms with Crippen LogP contribution in [0.4, 0.5) is 0 Å². The highest BCUT2D eigenvalue weighted by Crippen LogP contribution is 2.24. The summed E-state index contributed by atoms with van der Waals surface area (Å²) in [6.45, 7) is 2.04. The molecule has 3 heteroatoms. The van der Waals surface area contributed by atoms with E-state index >= 15 is 0 Å². The zero-order valence-electron chi connectivity index (χ0n) is 8.28. The van der Waals surface area contributed by atoms with Crippen LogP contribution in [0.2, 0.25) is 0 Å². The Morgan fingerprint density at radius 1 is 0.846 bits per heavy atom. The van der Waals surface area contributed by atoms with Crippen molar-refractivity contribution in [3.63, 3.8) is 0 Å². The summed E-state index contributed by atoms with van der Waals surface area (Å²) in [5.74, 6) is 0. The highest BCUT2D eigenvalue weighted by molar-refractivity contribution is 4.93. The average Bonchev–Trinajstić information content (AvgIpc) is 2.49. The molecule has 1 aliphatic carbocycles. The van der Waals surface area contributed by atoms with Crippen LogP contribution in [0.15, 0.2) is 0 Å². The van der Waals surface area contributed by atoms with Gasteiger partial charge in [-0.2, -0.15) is 0 Å². The van der Waals surface area contributed by atoms with E-state index in [-0.39, 0.29) is 12.1 Å². The molecule has 0 aromatic heterocycles. The van der Waals surface area contributed by atoms with Crippen molar-refractivity contribution >= 4 is 0 Å². The third-order valence-corrected chi connectivity index (χ3v) is 3.53. The number of nitrogens with zero attached hydrogens (tertiary/aromatic N) is 1. The third kappa shape index (κ3) is 2.03. The number of hydrogen-bond acceptors (Lipinski definition) is 3. The molecule has 2 rings (SSSR count). The van der Waals surface area contributed by atoms with Crippen molar-refractivity contribution in [2.24, 2.45) is 11.5 Å². The molecule has 1 heterocycles. The van der Waals surface area contributed by atoms with Crippen molar-refractivity contribution in [1.29, 1.82) is 0 Å². The molecular weight excluding hydrogens is 162 g/mol. The summed E-state index contributed by atoms with van der Waals surface area (Å²) in [4.78, 5) is 2.51. The summed E-state index contributed by atoms with van der Waals surface area (Å²) in [7, 11) is 0. The maximum Gasteiger partial charge on any atom is 0.0334 e. The first-order chi connectivity index (χ1) is 6.27. The van der Waals surface area contributed by atoms with Crippen LogP contribution in [0.25, 0.3) is 0 Å². The molecule has 0 amide bonds. The van der Waals surface area contributed by atoms with Crippen LogP contribution in [-0.2, 0) is 0 Å². The smallest absolute Gasteiger partial charge is 0.0334 e. The lowest BCUT2D eigenvalue weighted by atomic mass is 9.94. The molecule has 4 N–H and O–H groups in total. The van der Waals surface area contributed by atoms with Crippen molar-refractivity contribution in [1.82, 2.24) is 4.90 Å². The molecule has 0 aromatic carbocycles. The van der Waals surface area contributed by atoms with Crippen molar-refractivity contribution in [2.45, 2.75) is 50.2 Å². The summed E-state index contributed by atoms with van der Waals surface area (Å²) < 4.78 is 0. The number of rotatable bonds is 1. The molecule has 1 saturated carbocycles. The lowest BCUT2D eigenvalue weighted by molar-refractivity contribution is 0.188. The minimum Gasteiger partial charge on any atom is -0.325 e. The molecule has 3 nitrogen and oxygen atoms in total. The van der Waals surface area contributed by atoms with Crippen molar-refractivity contribution in [3.05, 3.63) is 0 Å². The van der Waals surface area contributed by atoms with Gasteiger partial charge in [0.15, 0.2) is 0 Å². The van der Waals surface area contributed by atoms with Gasteiger partial charge in [0.05, 0.1) is 0 Å². The van der Waals surface area contributed by atoms with Gasteiger partial charge in [0.1, 0.15) is 0 Å². The van der Waals surface area contributed by atoms with E-state index < -0.39 is 0 Å². The fourth-order valence-electron chi connectivity index (χ4n) is 2.63. The van der Waals surface area contributed by atoms with Crippen LogP contribution < -0.4 is 11.5 Å². The maximum atomic E-state index is 5.91. The van der Waals surface area contributed by atoms with Crippen LogP contribution >= 0.6 is 0 Å². The molecule has 76 valence electrons. The van der Waals surface area contributed by atoms with Gasteiger partial charge in [-0.15, -0.1) is 0 Å². The van der Waals surface area contributed by atoms with E-state index in [0.717, 1.165) is 19.1 Å². The first kappa shape index (κ1) is 9.44. The molecule has 2 fully saturated rings. The SMILES string of the molecule is NC1CN(C2CCCCC2)CC1N. The Bertz CT molecular complexity index is 156. The molecule has 1 saturated heterocycles. The standard InChI is InChI=1S/C10H21N3/c11-9-6-13(7-10(9)12)8-4-2-1-3-5-8/h8-10H,1-7,11-12H2. The fraction of sp³-hybridized carbons (Fsp3) is 1.00. The summed E-state index contributed by atoms with van der Waals surface area (Å²) in [6, 6.07) is 1.21. The lowest BCUT2D eigenvalue weighted by Gasteiger charge is -2.30. The van der Waals surface area contributed by atoms with Gasteiger partial charge in [-0.3, -0.25) is 4.90 Å². The molecule has 2 aliphatic rings. The van der Waals surface area contributed by atoms with Crippen molar-refractivity contribution in [2.75, 3.05) is 13.1 Å². The van der Waals surface area contributed by atoms with E-state index in [2.05, 4.69) is 4.90 Å². The van der Waals surface area contributed by atoms with Crippen molar-refractivity contribution in [3.8, 4) is 0 Å². The Morgan fingerprint density at radius 2 is 1.38 bits per heavy atom. The predicted octanol–water partition coefficient (Wildman–Crippen LogP) is 0.289. The van der Waals surface area contributed by atoms with Gasteiger partial charge >= 0.3 is 0 Å². The van der Waals surface area contributed by atoms with Crippen LogP contribution in [0, 0.1) is 0 Å². The van der Waals surface area contributed by atoms with Gasteiger partial charge in [-0.05, 0) is 12.8 Å². The van der Waals surface area contributed by atoms with Gasteiger partial charge in [0.25, 0.3) is 0 Å². The maximum absolute atomic E-state index is 5.91. The Balaban J connectivity index is 1.87. The Morgan fingerprint density at radius 3 is 1.92 bits per heavy atom. The molecule has 2 unspecified atom stereocenters. The van der Waals surface area contributed by atoms with Gasteiger partial charge in [0.2, 0.25) is 0 Å². The highest BCUT2D eigenvalue weighted by Gasteiger charge is 2.32. The number of hydrogen-bond donors (Lipinski definition) is 2. The summed E-state index contributed by atoms with van der Waals surface area (Å²) in [5, 5.41) is 0. The zero-order valence-corrected chi connectivity index (χ0v) is 8.28. The van der Waals surface area contributed by atoms with E-state index in [4.69, 9.17) is 11.5 Å². The Labute approximate surface area is 80.5 Å². The third-order valence-electron chi connectivity index (χ3n) is 3.53. The van der Waals surface area contributed by atoms with E-state index in [1.54, 1.807) is 0 Å². The first-order valence-electron chi connectivity index (χ1n) is 5.52. The molecular formula is C10H21N3. The number of likely N-dealkylation sites (tertiary alicyclic amines) is 1. The monoisotopic (exact) mass is 183 g/mol. The highest BCUT2D eigenvalue weighted by atomic mass is 15.2. The Hall–Kier alpha value is -0.120. The van der Waals surface area contributed by atoms with Gasteiger partial charge in [-0.1, -0.05) is 19.3 Å². The minimum absolute atomic E-state index is 0.210. The molecule has 1 aliphatic heterocycles. The second-order valence-electron chi connectivity index (χ2n) is 4.57. The normalized spacial score (nSPS) is 38.3. The van der Waals surface area contributed by atoms with Gasteiger partial charge in [0, 0.05) is 31.2 Å². The van der Waals surface area contributed by atoms with Crippen LogP contribution in [0.1, 0.15) is 32.1 Å². The average molecular weight is 183 g/mol. The summed E-state index contributed by atoms with van der Waals surface area (Å²) >= 11 is 0. The van der Waals surface area contributed by atoms with Gasteiger partial charge in [-0.25, -0.2) is 0 Å². The van der Waals surface area contributed by atoms with Crippen LogP contribution in [0.5, 0.6) is 0 Å². The fourth-order valence-corrected chi connectivity index (χ4v) is 2.63. The van der Waals surface area contributed by atoms with E-state index in [0.29, 0.717) is 0 Å². The minimum atomic E-state index is 0.210. The predicted molar refractivity (Wildman–Crippen MR) is 54.4 cm³/mol. The largest absolute Gasteiger partial charge is 0.325 e. The van der Waals surface area contributed by atoms with E-state index in [1.165, 1.54) is 32.1 Å². The second-order valence-corrected chi connectivity index (χ2v) is 4.57. The summed E-state index contributed by atoms with van der Waals surface area (Å²) in [5.41, 5.74) is 11.8. The van der Waals surface area contributed by atoms with E-state index in [9.17, 15) is 0 Å². The van der Waals surface area contributed by atoms with E-state index in [1.807, 2.05) is 0 Å². The zero-order chi connectivity index (χ0) is 9.26. The molecule has 0 bridgehead atoms. The Kier molecular flexibility index (Phi) is 2.86.